The number of unbranched alkanes of at least 4 members (excludes halogenated alkanes) is 2. The summed E-state index contributed by atoms with van der Waals surface area (Å²) >= 11 is 3.26. The Balaban J connectivity index is 2.73. The number of halogens is 2. The van der Waals surface area contributed by atoms with E-state index in [2.05, 4.69) is 15.9 Å². The summed E-state index contributed by atoms with van der Waals surface area (Å²) < 4.78 is 13.5. The second-order valence-corrected chi connectivity index (χ2v) is 4.29. The number of nitrogens with zero attached hydrogens (tertiary/aromatic N) is 1. The lowest BCUT2D eigenvalue weighted by Crippen LogP contribution is -2.34. The number of aromatic nitrogens is 2. The Kier molecular flexibility index (Phi) is 5.27. The molecule has 0 spiro atoms. The summed E-state index contributed by atoms with van der Waals surface area (Å²) in [5.41, 5.74) is -2.01. The molecule has 0 unspecified atom stereocenters. The first-order valence-electron chi connectivity index (χ1n) is 5.17. The molecule has 0 saturated carbocycles. The molecule has 0 fully saturated rings. The van der Waals surface area contributed by atoms with Crippen molar-refractivity contribution in [2.45, 2.75) is 25.7 Å². The van der Waals surface area contributed by atoms with Crippen LogP contribution in [0.15, 0.2) is 15.8 Å². The van der Waals surface area contributed by atoms with Crippen molar-refractivity contribution in [1.82, 2.24) is 9.55 Å². The highest BCUT2D eigenvalue weighted by Crippen LogP contribution is 2.03. The first-order valence-corrected chi connectivity index (χ1v) is 6.29. The maximum atomic E-state index is 12.9. The molecule has 0 aliphatic carbocycles. The van der Waals surface area contributed by atoms with Crippen molar-refractivity contribution in [3.8, 4) is 0 Å². The molecule has 1 N–H and O–H groups in total. The molecule has 17 heavy (non-hydrogen) atoms. The molecule has 7 heteroatoms. The van der Waals surface area contributed by atoms with Gasteiger partial charge in [-0.2, -0.15) is 4.39 Å². The van der Waals surface area contributed by atoms with Crippen LogP contribution in [0, 0.1) is 5.82 Å². The molecule has 1 aromatic rings. The maximum Gasteiger partial charge on any atom is 0.335 e. The zero-order valence-electron chi connectivity index (χ0n) is 9.04. The van der Waals surface area contributed by atoms with E-state index in [4.69, 9.17) is 0 Å². The van der Waals surface area contributed by atoms with E-state index < -0.39 is 23.0 Å². The second-order valence-electron chi connectivity index (χ2n) is 3.50. The topological polar surface area (TPSA) is 71.9 Å². The van der Waals surface area contributed by atoms with E-state index in [1.807, 2.05) is 0 Å². The van der Waals surface area contributed by atoms with Gasteiger partial charge in [-0.1, -0.05) is 22.4 Å². The molecule has 5 nitrogen and oxygen atoms in total. The fourth-order valence-electron chi connectivity index (χ4n) is 1.30. The average molecular weight is 307 g/mol. The van der Waals surface area contributed by atoms with Gasteiger partial charge in [-0.15, -0.1) is 0 Å². The van der Waals surface area contributed by atoms with E-state index in [1.165, 1.54) is 0 Å². The van der Waals surface area contributed by atoms with Gasteiger partial charge in [0.2, 0.25) is 11.7 Å². The molecule has 0 bridgehead atoms. The van der Waals surface area contributed by atoms with Gasteiger partial charge >= 0.3 is 5.69 Å². The molecule has 1 heterocycles. The minimum atomic E-state index is -1.14. The molecule has 0 aromatic carbocycles. The van der Waals surface area contributed by atoms with Gasteiger partial charge in [0.25, 0.3) is 5.56 Å². The summed E-state index contributed by atoms with van der Waals surface area (Å²) in [5.74, 6) is -1.65. The van der Waals surface area contributed by atoms with E-state index in [1.54, 1.807) is 4.98 Å². The summed E-state index contributed by atoms with van der Waals surface area (Å²) in [6.07, 6.45) is 3.18. The number of hydrogen-bond acceptors (Lipinski definition) is 3. The number of aromatic amines is 1. The molecule has 1 aromatic heterocycles. The molecule has 1 rings (SSSR count). The number of carbonyl (C=O) groups is 1. The third-order valence-electron chi connectivity index (χ3n) is 2.19. The first-order chi connectivity index (χ1) is 8.06. The van der Waals surface area contributed by atoms with Crippen LogP contribution in [-0.4, -0.2) is 20.8 Å². The van der Waals surface area contributed by atoms with Crippen molar-refractivity contribution in [3.63, 3.8) is 0 Å². The fourth-order valence-corrected chi connectivity index (χ4v) is 1.70. The first kappa shape index (κ1) is 13.8. The Hall–Kier alpha value is -1.24. The van der Waals surface area contributed by atoms with Crippen LogP contribution in [0.4, 0.5) is 4.39 Å². The summed E-state index contributed by atoms with van der Waals surface area (Å²) in [6, 6.07) is 0. The molecular weight excluding hydrogens is 295 g/mol. The van der Waals surface area contributed by atoms with Crippen LogP contribution >= 0.6 is 15.9 Å². The lowest BCUT2D eigenvalue weighted by atomic mass is 10.2. The highest BCUT2D eigenvalue weighted by Gasteiger charge is 2.10. The predicted molar refractivity (Wildman–Crippen MR) is 64.2 cm³/mol. The summed E-state index contributed by atoms with van der Waals surface area (Å²) in [4.78, 5) is 35.3. The maximum absolute atomic E-state index is 12.9. The van der Waals surface area contributed by atoms with Crippen molar-refractivity contribution in [1.29, 1.82) is 0 Å². The van der Waals surface area contributed by atoms with Crippen molar-refractivity contribution in [2.24, 2.45) is 0 Å². The van der Waals surface area contributed by atoms with Crippen LogP contribution in [0.3, 0.4) is 0 Å². The molecular formula is C10H12BrFN2O3. The molecule has 0 saturated heterocycles. The molecule has 94 valence electrons. The van der Waals surface area contributed by atoms with Gasteiger partial charge < -0.3 is 0 Å². The third kappa shape index (κ3) is 3.92. The Morgan fingerprint density at radius 1 is 1.35 bits per heavy atom. The highest BCUT2D eigenvalue weighted by atomic mass is 79.9. The highest BCUT2D eigenvalue weighted by molar-refractivity contribution is 9.09. The van der Waals surface area contributed by atoms with E-state index in [-0.39, 0.29) is 6.42 Å². The number of alkyl halides is 1. The standard InChI is InChI=1S/C10H12BrFN2O3/c11-5-3-1-2-4-8(15)14-6-7(12)9(16)13-10(14)17/h6H,1-5H2,(H,13,16,17). The number of carbonyl (C=O) groups excluding carboxylic acids is 1. The average Bonchev–Trinajstić information content (AvgIpc) is 2.29. The lowest BCUT2D eigenvalue weighted by Gasteiger charge is -2.03. The van der Waals surface area contributed by atoms with Crippen LogP contribution in [0.2, 0.25) is 0 Å². The number of hydrogen-bond donors (Lipinski definition) is 1. The molecule has 0 atom stereocenters. The fraction of sp³-hybridized carbons (Fsp3) is 0.500. The van der Waals surface area contributed by atoms with Gasteiger partial charge in [0.15, 0.2) is 0 Å². The van der Waals surface area contributed by atoms with Crippen LogP contribution in [0.1, 0.15) is 30.5 Å². The Labute approximate surface area is 105 Å². The van der Waals surface area contributed by atoms with Gasteiger partial charge in [0.1, 0.15) is 0 Å². The van der Waals surface area contributed by atoms with E-state index in [9.17, 15) is 18.8 Å². The normalized spacial score (nSPS) is 10.5. The number of rotatable bonds is 5. The minimum absolute atomic E-state index is 0.151. The van der Waals surface area contributed by atoms with E-state index in [0.717, 1.165) is 18.2 Å². The van der Waals surface area contributed by atoms with E-state index >= 15 is 0 Å². The van der Waals surface area contributed by atoms with Crippen LogP contribution in [-0.2, 0) is 0 Å². The van der Waals surface area contributed by atoms with Crippen molar-refractivity contribution >= 4 is 21.8 Å². The second kappa shape index (κ2) is 6.48. The molecule has 0 radical (unpaired) electrons. The smallest absolute Gasteiger partial charge is 0.274 e. The van der Waals surface area contributed by atoms with Crippen LogP contribution in [0.25, 0.3) is 0 Å². The van der Waals surface area contributed by atoms with Gasteiger partial charge in [0.05, 0.1) is 6.20 Å². The van der Waals surface area contributed by atoms with Gasteiger partial charge in [-0.05, 0) is 12.8 Å². The monoisotopic (exact) mass is 306 g/mol. The lowest BCUT2D eigenvalue weighted by molar-refractivity contribution is 0.0891. The van der Waals surface area contributed by atoms with Crippen molar-refractivity contribution in [3.05, 3.63) is 32.9 Å². The van der Waals surface area contributed by atoms with Gasteiger partial charge in [-0.3, -0.25) is 14.6 Å². The Morgan fingerprint density at radius 2 is 2.06 bits per heavy atom. The Bertz CT molecular complexity index is 509. The number of nitrogens with one attached hydrogen (secondary N) is 1. The molecule has 0 amide bonds. The van der Waals surface area contributed by atoms with Gasteiger partial charge in [-0.25, -0.2) is 9.36 Å². The predicted octanol–water partition coefficient (Wildman–Crippen LogP) is 1.27. The SMILES string of the molecule is O=C(CCCCCBr)n1cc(F)c(=O)[nH]c1=O. The quantitative estimate of drug-likeness (QED) is 0.658. The summed E-state index contributed by atoms with van der Waals surface area (Å²) in [5, 5.41) is 0.856. The zero-order chi connectivity index (χ0) is 12.8. The molecule has 0 aliphatic heterocycles. The number of H-pyrrole nitrogens is 1. The van der Waals surface area contributed by atoms with Crippen LogP contribution < -0.4 is 11.2 Å². The van der Waals surface area contributed by atoms with Gasteiger partial charge in [0, 0.05) is 11.8 Å². The zero-order valence-corrected chi connectivity index (χ0v) is 10.6. The third-order valence-corrected chi connectivity index (χ3v) is 2.75. The van der Waals surface area contributed by atoms with Crippen LogP contribution in [0.5, 0.6) is 0 Å². The Morgan fingerprint density at radius 3 is 2.71 bits per heavy atom. The van der Waals surface area contributed by atoms with Crippen molar-refractivity contribution < 1.29 is 9.18 Å². The molecule has 0 aliphatic rings. The summed E-state index contributed by atoms with van der Waals surface area (Å²) in [6.45, 7) is 0. The van der Waals surface area contributed by atoms with E-state index in [0.29, 0.717) is 17.2 Å². The minimum Gasteiger partial charge on any atom is -0.274 e. The van der Waals surface area contributed by atoms with Crippen molar-refractivity contribution in [2.75, 3.05) is 5.33 Å². The largest absolute Gasteiger partial charge is 0.335 e. The summed E-state index contributed by atoms with van der Waals surface area (Å²) in [7, 11) is 0.